The Hall–Kier alpha value is -0.850. The van der Waals surface area contributed by atoms with Crippen molar-refractivity contribution in [1.29, 1.82) is 0 Å². The third kappa shape index (κ3) is 7.92. The Balaban J connectivity index is 0.00000288. The molecule has 1 aliphatic rings. The predicted octanol–water partition coefficient (Wildman–Crippen LogP) is 2.22. The van der Waals surface area contributed by atoms with Crippen molar-refractivity contribution in [3.05, 3.63) is 35.9 Å². The van der Waals surface area contributed by atoms with Crippen LogP contribution in [0, 0.1) is 5.41 Å². The number of nitrogens with two attached hydrogens (primary N) is 1. The summed E-state index contributed by atoms with van der Waals surface area (Å²) in [6.45, 7) is 9.76. The zero-order valence-corrected chi connectivity index (χ0v) is 16.9. The second-order valence-electron chi connectivity index (χ2n) is 7.30. The monoisotopic (exact) mass is 391 g/mol. The van der Waals surface area contributed by atoms with Crippen molar-refractivity contribution < 1.29 is 9.53 Å². The van der Waals surface area contributed by atoms with Crippen molar-refractivity contribution in [2.75, 3.05) is 26.2 Å². The van der Waals surface area contributed by atoms with Crippen LogP contribution in [-0.2, 0) is 16.1 Å². The fourth-order valence-electron chi connectivity index (χ4n) is 2.61. The summed E-state index contributed by atoms with van der Waals surface area (Å²) in [6.07, 6.45) is 0.0172. The third-order valence-electron chi connectivity index (χ3n) is 4.19. The van der Waals surface area contributed by atoms with E-state index in [0.29, 0.717) is 13.2 Å². The summed E-state index contributed by atoms with van der Waals surface area (Å²) in [5.41, 5.74) is 7.03. The first-order valence-corrected chi connectivity index (χ1v) is 8.27. The second kappa shape index (κ2) is 11.0. The molecule has 1 amide bonds. The maximum absolute atomic E-state index is 12.1. The van der Waals surface area contributed by atoms with Crippen molar-refractivity contribution in [3.63, 3.8) is 0 Å². The number of amides is 1. The van der Waals surface area contributed by atoms with Gasteiger partial charge in [0.25, 0.3) is 0 Å². The third-order valence-corrected chi connectivity index (χ3v) is 4.19. The normalized spacial score (nSPS) is 19.3. The molecule has 0 radical (unpaired) electrons. The van der Waals surface area contributed by atoms with Crippen LogP contribution in [0.4, 0.5) is 0 Å². The first-order valence-electron chi connectivity index (χ1n) is 8.27. The van der Waals surface area contributed by atoms with Gasteiger partial charge in [0.05, 0.1) is 18.8 Å². The molecule has 3 N–H and O–H groups in total. The molecule has 1 saturated heterocycles. The number of carbonyl (C=O) groups is 1. The zero-order valence-electron chi connectivity index (χ0n) is 15.2. The highest BCUT2D eigenvalue weighted by Gasteiger charge is 2.28. The smallest absolute Gasteiger partial charge is 0.237 e. The average Bonchev–Trinajstić information content (AvgIpc) is 2.52. The minimum atomic E-state index is -0.508. The van der Waals surface area contributed by atoms with E-state index in [0.717, 1.165) is 19.6 Å². The number of morpholine rings is 1. The maximum Gasteiger partial charge on any atom is 0.237 e. The fraction of sp³-hybridized carbons (Fsp3) is 0.611. The molecule has 7 heteroatoms. The molecule has 5 nitrogen and oxygen atoms in total. The minimum absolute atomic E-state index is 0. The van der Waals surface area contributed by atoms with Crippen molar-refractivity contribution in [2.45, 2.75) is 39.5 Å². The van der Waals surface area contributed by atoms with Crippen molar-refractivity contribution in [2.24, 2.45) is 11.1 Å². The van der Waals surface area contributed by atoms with E-state index >= 15 is 0 Å². The molecule has 144 valence electrons. The molecule has 1 aromatic carbocycles. The predicted molar refractivity (Wildman–Crippen MR) is 106 cm³/mol. The molecule has 25 heavy (non-hydrogen) atoms. The van der Waals surface area contributed by atoms with Gasteiger partial charge in [-0.2, -0.15) is 0 Å². The topological polar surface area (TPSA) is 67.6 Å². The van der Waals surface area contributed by atoms with E-state index in [9.17, 15) is 4.79 Å². The Labute approximate surface area is 163 Å². The molecule has 0 saturated carbocycles. The van der Waals surface area contributed by atoms with E-state index in [1.54, 1.807) is 0 Å². The molecule has 1 heterocycles. The molecule has 0 aliphatic carbocycles. The summed E-state index contributed by atoms with van der Waals surface area (Å²) in [5.74, 6) is -0.110. The molecule has 1 aliphatic heterocycles. The van der Waals surface area contributed by atoms with Gasteiger partial charge in [0, 0.05) is 26.2 Å². The van der Waals surface area contributed by atoms with Gasteiger partial charge < -0.3 is 15.8 Å². The summed E-state index contributed by atoms with van der Waals surface area (Å²) >= 11 is 0. The van der Waals surface area contributed by atoms with Crippen LogP contribution in [0.25, 0.3) is 0 Å². The van der Waals surface area contributed by atoms with Crippen LogP contribution in [0.5, 0.6) is 0 Å². The lowest BCUT2D eigenvalue weighted by Crippen LogP contribution is -2.52. The number of halogens is 2. The maximum atomic E-state index is 12.1. The number of hydrogen-bond acceptors (Lipinski definition) is 4. The molecule has 0 spiro atoms. The van der Waals surface area contributed by atoms with E-state index < -0.39 is 6.04 Å². The van der Waals surface area contributed by atoms with Gasteiger partial charge >= 0.3 is 0 Å². The van der Waals surface area contributed by atoms with Gasteiger partial charge in [0.15, 0.2) is 0 Å². The molecular formula is C18H31Cl2N3O2. The van der Waals surface area contributed by atoms with E-state index in [4.69, 9.17) is 10.5 Å². The molecule has 0 bridgehead atoms. The Bertz CT molecular complexity index is 509. The van der Waals surface area contributed by atoms with Crippen molar-refractivity contribution >= 4 is 30.7 Å². The highest BCUT2D eigenvalue weighted by Crippen LogP contribution is 2.17. The summed E-state index contributed by atoms with van der Waals surface area (Å²) in [7, 11) is 0. The zero-order chi connectivity index (χ0) is 16.9. The van der Waals surface area contributed by atoms with Crippen LogP contribution in [0.15, 0.2) is 30.3 Å². The molecule has 2 atom stereocenters. The first kappa shape index (κ1) is 24.1. The SMILES string of the molecule is CC(C)(C)[C@H](N)C(=O)NCC1CN(Cc2ccccc2)CCO1.Cl.Cl. The molecule has 1 unspecified atom stereocenters. The Kier molecular flexibility index (Phi) is 10.6. The fourth-order valence-corrected chi connectivity index (χ4v) is 2.61. The van der Waals surface area contributed by atoms with Crippen LogP contribution in [0.3, 0.4) is 0 Å². The second-order valence-corrected chi connectivity index (χ2v) is 7.30. The average molecular weight is 392 g/mol. The molecule has 1 fully saturated rings. The minimum Gasteiger partial charge on any atom is -0.374 e. The summed E-state index contributed by atoms with van der Waals surface area (Å²) in [4.78, 5) is 14.5. The van der Waals surface area contributed by atoms with E-state index in [1.807, 2.05) is 26.8 Å². The standard InChI is InChI=1S/C18H29N3O2.2ClH/c1-18(2,3)16(19)17(22)20-11-15-13-21(9-10-23-15)12-14-7-5-4-6-8-14;;/h4-8,15-16H,9-13,19H2,1-3H3,(H,20,22);2*1H/t15?,16-;;/m1../s1. The van der Waals surface area contributed by atoms with Gasteiger partial charge in [-0.25, -0.2) is 0 Å². The summed E-state index contributed by atoms with van der Waals surface area (Å²) in [5, 5.41) is 2.93. The van der Waals surface area contributed by atoms with Gasteiger partial charge in [0.1, 0.15) is 0 Å². The Morgan fingerprint density at radius 3 is 2.56 bits per heavy atom. The first-order chi connectivity index (χ1) is 10.9. The quantitative estimate of drug-likeness (QED) is 0.807. The number of ether oxygens (including phenoxy) is 1. The van der Waals surface area contributed by atoms with E-state index in [-0.39, 0.29) is 42.2 Å². The van der Waals surface area contributed by atoms with Gasteiger partial charge in [-0.1, -0.05) is 51.1 Å². The Morgan fingerprint density at radius 2 is 1.96 bits per heavy atom. The number of benzene rings is 1. The summed E-state index contributed by atoms with van der Waals surface area (Å²) < 4.78 is 5.76. The number of carbonyl (C=O) groups excluding carboxylic acids is 1. The highest BCUT2D eigenvalue weighted by molar-refractivity contribution is 5.85. The molecule has 1 aromatic rings. The molecule has 2 rings (SSSR count). The molecular weight excluding hydrogens is 361 g/mol. The van der Waals surface area contributed by atoms with Gasteiger partial charge in [-0.05, 0) is 11.0 Å². The number of hydrogen-bond donors (Lipinski definition) is 2. The number of nitrogens with one attached hydrogen (secondary N) is 1. The van der Waals surface area contributed by atoms with E-state index in [2.05, 4.69) is 34.5 Å². The van der Waals surface area contributed by atoms with Crippen LogP contribution in [0.1, 0.15) is 26.3 Å². The highest BCUT2D eigenvalue weighted by atomic mass is 35.5. The lowest BCUT2D eigenvalue weighted by atomic mass is 9.87. The van der Waals surface area contributed by atoms with Crippen LogP contribution in [0.2, 0.25) is 0 Å². The van der Waals surface area contributed by atoms with Crippen molar-refractivity contribution in [3.8, 4) is 0 Å². The van der Waals surface area contributed by atoms with Crippen LogP contribution in [-0.4, -0.2) is 49.2 Å². The van der Waals surface area contributed by atoms with Crippen LogP contribution >= 0.6 is 24.8 Å². The van der Waals surface area contributed by atoms with Gasteiger partial charge in [-0.3, -0.25) is 9.69 Å². The van der Waals surface area contributed by atoms with Crippen molar-refractivity contribution in [1.82, 2.24) is 10.2 Å². The largest absolute Gasteiger partial charge is 0.374 e. The van der Waals surface area contributed by atoms with Gasteiger partial charge in [-0.15, -0.1) is 24.8 Å². The van der Waals surface area contributed by atoms with E-state index in [1.165, 1.54) is 5.56 Å². The summed E-state index contributed by atoms with van der Waals surface area (Å²) in [6, 6.07) is 9.90. The molecule has 0 aromatic heterocycles. The lowest BCUT2D eigenvalue weighted by Gasteiger charge is -2.33. The number of nitrogens with zero attached hydrogens (tertiary/aromatic N) is 1. The van der Waals surface area contributed by atoms with Gasteiger partial charge in [0.2, 0.25) is 5.91 Å². The number of rotatable bonds is 5. The lowest BCUT2D eigenvalue weighted by molar-refractivity contribution is -0.125. The Morgan fingerprint density at radius 1 is 1.32 bits per heavy atom. The van der Waals surface area contributed by atoms with Crippen LogP contribution < -0.4 is 11.1 Å².